The van der Waals surface area contributed by atoms with Crippen molar-refractivity contribution in [1.29, 1.82) is 0 Å². The summed E-state index contributed by atoms with van der Waals surface area (Å²) in [7, 11) is -1.77. The predicted octanol–water partition coefficient (Wildman–Crippen LogP) is 3.04. The van der Waals surface area contributed by atoms with Crippen LogP contribution >= 0.6 is 0 Å². The van der Waals surface area contributed by atoms with Crippen molar-refractivity contribution in [2.24, 2.45) is 7.05 Å². The standard InChI is InChI=1S/C17H23N3O2S/c1-3-15-11-7-8-12-20(15)23(21,22)16-13-19(2)18-17(16)14-9-5-4-6-10-14/h4-6,9-10,13,15H,3,7-8,11-12H2,1-2H3. The van der Waals surface area contributed by atoms with Crippen molar-refractivity contribution >= 4 is 10.0 Å². The molecule has 1 aromatic carbocycles. The monoisotopic (exact) mass is 333 g/mol. The highest BCUT2D eigenvalue weighted by molar-refractivity contribution is 7.89. The van der Waals surface area contributed by atoms with Gasteiger partial charge >= 0.3 is 0 Å². The van der Waals surface area contributed by atoms with E-state index in [1.54, 1.807) is 22.2 Å². The molecule has 6 heteroatoms. The summed E-state index contributed by atoms with van der Waals surface area (Å²) in [6, 6.07) is 9.60. The normalized spacial score (nSPS) is 19.8. The number of hydrogen-bond donors (Lipinski definition) is 0. The van der Waals surface area contributed by atoms with Gasteiger partial charge in [0.25, 0.3) is 0 Å². The lowest BCUT2D eigenvalue weighted by Crippen LogP contribution is -2.43. The van der Waals surface area contributed by atoms with Gasteiger partial charge < -0.3 is 0 Å². The zero-order valence-electron chi connectivity index (χ0n) is 13.6. The molecule has 124 valence electrons. The van der Waals surface area contributed by atoms with E-state index in [9.17, 15) is 8.42 Å². The molecule has 0 spiro atoms. The molecule has 1 unspecified atom stereocenters. The molecule has 5 nitrogen and oxygen atoms in total. The molecule has 0 saturated carbocycles. The van der Waals surface area contributed by atoms with Crippen molar-refractivity contribution in [3.05, 3.63) is 36.5 Å². The van der Waals surface area contributed by atoms with E-state index in [0.717, 1.165) is 31.2 Å². The first kappa shape index (κ1) is 16.2. The lowest BCUT2D eigenvalue weighted by molar-refractivity contribution is 0.246. The van der Waals surface area contributed by atoms with E-state index in [2.05, 4.69) is 12.0 Å². The second kappa shape index (κ2) is 6.45. The zero-order valence-corrected chi connectivity index (χ0v) is 14.5. The molecule has 1 atom stereocenters. The van der Waals surface area contributed by atoms with Gasteiger partial charge in [0.15, 0.2) is 0 Å². The molecule has 0 bridgehead atoms. The quantitative estimate of drug-likeness (QED) is 0.864. The second-order valence-corrected chi connectivity index (χ2v) is 7.91. The maximum atomic E-state index is 13.2. The van der Waals surface area contributed by atoms with Gasteiger partial charge in [-0.2, -0.15) is 9.40 Å². The summed E-state index contributed by atoms with van der Waals surface area (Å²) in [6.45, 7) is 2.66. The van der Waals surface area contributed by atoms with E-state index in [1.165, 1.54) is 0 Å². The molecule has 2 heterocycles. The molecule has 1 fully saturated rings. The molecule has 1 saturated heterocycles. The summed E-state index contributed by atoms with van der Waals surface area (Å²) in [6.07, 6.45) is 5.44. The van der Waals surface area contributed by atoms with E-state index in [0.29, 0.717) is 17.1 Å². The second-order valence-electron chi connectivity index (χ2n) is 6.06. The van der Waals surface area contributed by atoms with Gasteiger partial charge in [0.2, 0.25) is 10.0 Å². The number of aryl methyl sites for hydroxylation is 1. The summed E-state index contributed by atoms with van der Waals surface area (Å²) in [5.41, 5.74) is 1.37. The Morgan fingerprint density at radius 1 is 1.22 bits per heavy atom. The molecule has 1 aromatic heterocycles. The SMILES string of the molecule is CCC1CCCCN1S(=O)(=O)c1cn(C)nc1-c1ccccc1. The number of aromatic nitrogens is 2. The first-order chi connectivity index (χ1) is 11.0. The maximum Gasteiger partial charge on any atom is 0.247 e. The van der Waals surface area contributed by atoms with Gasteiger partial charge in [-0.05, 0) is 19.3 Å². The number of sulfonamides is 1. The molecule has 1 aliphatic heterocycles. The molecule has 0 N–H and O–H groups in total. The van der Waals surface area contributed by atoms with Crippen molar-refractivity contribution in [2.75, 3.05) is 6.54 Å². The third-order valence-corrected chi connectivity index (χ3v) is 6.43. The average molecular weight is 333 g/mol. The molecule has 3 rings (SSSR count). The van der Waals surface area contributed by atoms with Crippen LogP contribution in [0.1, 0.15) is 32.6 Å². The predicted molar refractivity (Wildman–Crippen MR) is 90.5 cm³/mol. The number of piperidine rings is 1. The lowest BCUT2D eigenvalue weighted by atomic mass is 10.0. The van der Waals surface area contributed by atoms with Gasteiger partial charge in [-0.1, -0.05) is 43.7 Å². The van der Waals surface area contributed by atoms with Crippen LogP contribution in [0.15, 0.2) is 41.4 Å². The van der Waals surface area contributed by atoms with Crippen LogP contribution in [-0.4, -0.2) is 35.1 Å². The van der Waals surface area contributed by atoms with Gasteiger partial charge in [-0.25, -0.2) is 8.42 Å². The highest BCUT2D eigenvalue weighted by atomic mass is 32.2. The maximum absolute atomic E-state index is 13.2. The smallest absolute Gasteiger partial charge is 0.247 e. The fourth-order valence-corrected chi connectivity index (χ4v) is 5.23. The minimum Gasteiger partial charge on any atom is -0.274 e. The lowest BCUT2D eigenvalue weighted by Gasteiger charge is -2.33. The summed E-state index contributed by atoms with van der Waals surface area (Å²) in [5, 5.41) is 4.40. The Morgan fingerprint density at radius 3 is 2.65 bits per heavy atom. The van der Waals surface area contributed by atoms with Crippen LogP contribution in [0.4, 0.5) is 0 Å². The average Bonchev–Trinajstić information content (AvgIpc) is 2.98. The third-order valence-electron chi connectivity index (χ3n) is 4.47. The van der Waals surface area contributed by atoms with Crippen LogP contribution < -0.4 is 0 Å². The van der Waals surface area contributed by atoms with E-state index in [-0.39, 0.29) is 6.04 Å². The van der Waals surface area contributed by atoms with Crippen LogP contribution in [0.3, 0.4) is 0 Å². The number of rotatable bonds is 4. The van der Waals surface area contributed by atoms with Crippen molar-refractivity contribution in [3.8, 4) is 11.3 Å². The molecule has 0 amide bonds. The minimum absolute atomic E-state index is 0.0950. The largest absolute Gasteiger partial charge is 0.274 e. The summed E-state index contributed by atoms with van der Waals surface area (Å²) in [5.74, 6) is 0. The van der Waals surface area contributed by atoms with E-state index >= 15 is 0 Å². The number of nitrogens with zero attached hydrogens (tertiary/aromatic N) is 3. The Morgan fingerprint density at radius 2 is 1.96 bits per heavy atom. The van der Waals surface area contributed by atoms with Gasteiger partial charge in [0.05, 0.1) is 0 Å². The van der Waals surface area contributed by atoms with E-state index < -0.39 is 10.0 Å². The molecule has 2 aromatic rings. The molecular weight excluding hydrogens is 310 g/mol. The number of hydrogen-bond acceptors (Lipinski definition) is 3. The summed E-state index contributed by atoms with van der Waals surface area (Å²) in [4.78, 5) is 0.312. The molecule has 1 aliphatic rings. The van der Waals surface area contributed by atoms with Crippen LogP contribution in [0.2, 0.25) is 0 Å². The fourth-order valence-electron chi connectivity index (χ4n) is 3.28. The Labute approximate surface area is 138 Å². The molecule has 0 radical (unpaired) electrons. The van der Waals surface area contributed by atoms with Crippen molar-refractivity contribution in [3.63, 3.8) is 0 Å². The van der Waals surface area contributed by atoms with Crippen LogP contribution in [-0.2, 0) is 17.1 Å². The third kappa shape index (κ3) is 3.05. The Kier molecular flexibility index (Phi) is 4.55. The Hall–Kier alpha value is -1.66. The van der Waals surface area contributed by atoms with Gasteiger partial charge in [-0.3, -0.25) is 4.68 Å². The Bertz CT molecular complexity index is 768. The fraction of sp³-hybridized carbons (Fsp3) is 0.471. The Balaban J connectivity index is 2.07. The van der Waals surface area contributed by atoms with Crippen LogP contribution in [0.5, 0.6) is 0 Å². The number of benzene rings is 1. The van der Waals surface area contributed by atoms with Gasteiger partial charge in [0, 0.05) is 31.4 Å². The first-order valence-corrected chi connectivity index (χ1v) is 9.59. The zero-order chi connectivity index (χ0) is 16.4. The summed E-state index contributed by atoms with van der Waals surface area (Å²) >= 11 is 0. The van der Waals surface area contributed by atoms with E-state index in [4.69, 9.17) is 0 Å². The van der Waals surface area contributed by atoms with Crippen LogP contribution in [0.25, 0.3) is 11.3 Å². The topological polar surface area (TPSA) is 55.2 Å². The van der Waals surface area contributed by atoms with Gasteiger partial charge in [-0.15, -0.1) is 0 Å². The van der Waals surface area contributed by atoms with Gasteiger partial charge in [0.1, 0.15) is 10.6 Å². The van der Waals surface area contributed by atoms with Crippen molar-refractivity contribution < 1.29 is 8.42 Å². The molecule has 23 heavy (non-hydrogen) atoms. The van der Waals surface area contributed by atoms with E-state index in [1.807, 2.05) is 30.3 Å². The molecular formula is C17H23N3O2S. The van der Waals surface area contributed by atoms with Crippen molar-refractivity contribution in [2.45, 2.75) is 43.5 Å². The van der Waals surface area contributed by atoms with Crippen molar-refractivity contribution in [1.82, 2.24) is 14.1 Å². The minimum atomic E-state index is -3.53. The van der Waals surface area contributed by atoms with Crippen LogP contribution in [0, 0.1) is 0 Å². The highest BCUT2D eigenvalue weighted by Gasteiger charge is 2.35. The summed E-state index contributed by atoms with van der Waals surface area (Å²) < 4.78 is 29.7. The highest BCUT2D eigenvalue weighted by Crippen LogP contribution is 2.32. The first-order valence-electron chi connectivity index (χ1n) is 8.15. The molecule has 0 aliphatic carbocycles.